The lowest BCUT2D eigenvalue weighted by atomic mass is 10.0. The van der Waals surface area contributed by atoms with Crippen molar-refractivity contribution >= 4 is 32.7 Å². The zero-order valence-corrected chi connectivity index (χ0v) is 19.7. The molecule has 0 unspecified atom stereocenters. The number of anilines is 1. The summed E-state index contributed by atoms with van der Waals surface area (Å²) in [4.78, 5) is 22.4. The molecule has 3 aromatic carbocycles. The highest BCUT2D eigenvalue weighted by Gasteiger charge is 2.22. The highest BCUT2D eigenvalue weighted by molar-refractivity contribution is 7.92. The van der Waals surface area contributed by atoms with E-state index in [2.05, 4.69) is 22.1 Å². The molecule has 1 aliphatic heterocycles. The summed E-state index contributed by atoms with van der Waals surface area (Å²) in [6.45, 7) is 1.26. The molecule has 0 fully saturated rings. The second-order valence-corrected chi connectivity index (χ2v) is 10.3. The third-order valence-electron chi connectivity index (χ3n) is 6.06. The third-order valence-corrected chi connectivity index (χ3v) is 7.26. The van der Waals surface area contributed by atoms with Crippen LogP contribution in [-0.4, -0.2) is 55.6 Å². The van der Waals surface area contributed by atoms with Gasteiger partial charge in [0.1, 0.15) is 12.4 Å². The van der Waals surface area contributed by atoms with E-state index in [0.717, 1.165) is 39.7 Å². The molecular weight excluding hydrogens is 452 g/mol. The number of nitrogens with zero attached hydrogens (tertiary/aromatic N) is 3. The van der Waals surface area contributed by atoms with Crippen molar-refractivity contribution in [3.8, 4) is 16.9 Å². The number of aromatic nitrogens is 2. The zero-order chi connectivity index (χ0) is 23.9. The summed E-state index contributed by atoms with van der Waals surface area (Å²) in [5.74, 6) is 0.640. The SMILES string of the molecule is CN(c1ccc(C(=O)N2CCOc3ccc(-c4ccc5nc[nH]c5c4)cc3C2)cc1)S(C)(=O)=O. The molecule has 0 saturated carbocycles. The van der Waals surface area contributed by atoms with Gasteiger partial charge in [-0.3, -0.25) is 9.10 Å². The normalized spacial score (nSPS) is 13.8. The third kappa shape index (κ3) is 4.22. The van der Waals surface area contributed by atoms with E-state index in [9.17, 15) is 13.2 Å². The highest BCUT2D eigenvalue weighted by atomic mass is 32.2. The first kappa shape index (κ1) is 22.0. The fourth-order valence-electron chi connectivity index (χ4n) is 4.05. The Morgan fingerprint density at radius 1 is 1.06 bits per heavy atom. The summed E-state index contributed by atoms with van der Waals surface area (Å²) in [6, 6.07) is 18.7. The molecule has 4 aromatic rings. The molecule has 34 heavy (non-hydrogen) atoms. The van der Waals surface area contributed by atoms with Crippen molar-refractivity contribution in [3.05, 3.63) is 78.1 Å². The lowest BCUT2D eigenvalue weighted by molar-refractivity contribution is 0.0733. The van der Waals surface area contributed by atoms with Gasteiger partial charge in [0, 0.05) is 24.7 Å². The van der Waals surface area contributed by atoms with Crippen LogP contribution in [0.15, 0.2) is 67.0 Å². The quantitative estimate of drug-likeness (QED) is 0.485. The minimum atomic E-state index is -3.37. The first-order valence-electron chi connectivity index (χ1n) is 10.8. The van der Waals surface area contributed by atoms with E-state index in [-0.39, 0.29) is 5.91 Å². The first-order valence-corrected chi connectivity index (χ1v) is 12.7. The molecule has 174 valence electrons. The minimum absolute atomic E-state index is 0.130. The van der Waals surface area contributed by atoms with Gasteiger partial charge in [-0.25, -0.2) is 13.4 Å². The van der Waals surface area contributed by atoms with Crippen LogP contribution in [0.1, 0.15) is 15.9 Å². The number of imidazole rings is 1. The number of H-pyrrole nitrogens is 1. The van der Waals surface area contributed by atoms with Gasteiger partial charge in [-0.1, -0.05) is 12.1 Å². The molecule has 0 spiro atoms. The maximum absolute atomic E-state index is 13.2. The largest absolute Gasteiger partial charge is 0.491 e. The van der Waals surface area contributed by atoms with Crippen LogP contribution in [0.4, 0.5) is 5.69 Å². The number of hydrogen-bond acceptors (Lipinski definition) is 5. The predicted molar refractivity (Wildman–Crippen MR) is 131 cm³/mol. The molecule has 1 aromatic heterocycles. The molecule has 9 heteroatoms. The number of aromatic amines is 1. The average Bonchev–Trinajstić information content (AvgIpc) is 3.20. The zero-order valence-electron chi connectivity index (χ0n) is 18.9. The van der Waals surface area contributed by atoms with Gasteiger partial charge in [0.05, 0.1) is 35.8 Å². The smallest absolute Gasteiger partial charge is 0.254 e. The number of hydrogen-bond donors (Lipinski definition) is 1. The minimum Gasteiger partial charge on any atom is -0.491 e. The lowest BCUT2D eigenvalue weighted by Gasteiger charge is -2.21. The first-order chi connectivity index (χ1) is 16.3. The molecule has 5 rings (SSSR count). The number of carbonyl (C=O) groups is 1. The summed E-state index contributed by atoms with van der Waals surface area (Å²) >= 11 is 0. The Labute approximate surface area is 197 Å². The summed E-state index contributed by atoms with van der Waals surface area (Å²) in [5, 5.41) is 0. The van der Waals surface area contributed by atoms with Crippen LogP contribution in [0.25, 0.3) is 22.2 Å². The number of amides is 1. The molecule has 0 atom stereocenters. The van der Waals surface area contributed by atoms with Crippen LogP contribution in [-0.2, 0) is 16.6 Å². The molecule has 0 aliphatic carbocycles. The standard InChI is InChI=1S/C25H24N4O4S/c1-28(34(2,31)32)21-7-3-17(4-8-21)25(30)29-11-12-33-24-10-6-18(13-20(24)15-29)19-5-9-22-23(14-19)27-16-26-22/h3-10,13-14,16H,11-12,15H2,1-2H3,(H,26,27). The Morgan fingerprint density at radius 3 is 2.56 bits per heavy atom. The van der Waals surface area contributed by atoms with Gasteiger partial charge in [0.15, 0.2) is 0 Å². The lowest BCUT2D eigenvalue weighted by Crippen LogP contribution is -2.32. The van der Waals surface area contributed by atoms with Crippen LogP contribution < -0.4 is 9.04 Å². The van der Waals surface area contributed by atoms with Gasteiger partial charge >= 0.3 is 0 Å². The van der Waals surface area contributed by atoms with Gasteiger partial charge in [-0.2, -0.15) is 0 Å². The molecule has 0 bridgehead atoms. The number of rotatable bonds is 4. The number of nitrogens with one attached hydrogen (secondary N) is 1. The molecule has 2 heterocycles. The summed E-state index contributed by atoms with van der Waals surface area (Å²) in [5.41, 5.74) is 5.88. The van der Waals surface area contributed by atoms with Crippen molar-refractivity contribution in [1.82, 2.24) is 14.9 Å². The second-order valence-electron chi connectivity index (χ2n) is 8.31. The maximum atomic E-state index is 13.2. The van der Waals surface area contributed by atoms with Crippen molar-refractivity contribution < 1.29 is 17.9 Å². The maximum Gasteiger partial charge on any atom is 0.254 e. The second kappa shape index (κ2) is 8.49. The van der Waals surface area contributed by atoms with Crippen LogP contribution in [0.5, 0.6) is 5.75 Å². The fraction of sp³-hybridized carbons (Fsp3) is 0.200. The van der Waals surface area contributed by atoms with E-state index < -0.39 is 10.0 Å². The molecular formula is C25H24N4O4S. The Kier molecular flexibility index (Phi) is 5.49. The Morgan fingerprint density at radius 2 is 1.79 bits per heavy atom. The summed E-state index contributed by atoms with van der Waals surface area (Å²) < 4.78 is 30.6. The van der Waals surface area contributed by atoms with Gasteiger partial charge in [-0.05, 0) is 59.7 Å². The van der Waals surface area contributed by atoms with Crippen molar-refractivity contribution in [2.45, 2.75) is 6.54 Å². The van der Waals surface area contributed by atoms with Crippen molar-refractivity contribution in [3.63, 3.8) is 0 Å². The van der Waals surface area contributed by atoms with Gasteiger partial charge in [-0.15, -0.1) is 0 Å². The number of ether oxygens (including phenoxy) is 1. The van der Waals surface area contributed by atoms with Crippen LogP contribution in [0, 0.1) is 0 Å². The number of benzene rings is 3. The van der Waals surface area contributed by atoms with E-state index in [1.807, 2.05) is 24.3 Å². The average molecular weight is 477 g/mol. The molecule has 1 N–H and O–H groups in total. The molecule has 1 aliphatic rings. The van der Waals surface area contributed by atoms with Crippen molar-refractivity contribution in [2.75, 3.05) is 30.8 Å². The molecule has 1 amide bonds. The van der Waals surface area contributed by atoms with Crippen molar-refractivity contribution in [2.24, 2.45) is 0 Å². The van der Waals surface area contributed by atoms with E-state index >= 15 is 0 Å². The van der Waals surface area contributed by atoms with E-state index in [4.69, 9.17) is 4.74 Å². The van der Waals surface area contributed by atoms with E-state index in [0.29, 0.717) is 30.9 Å². The monoisotopic (exact) mass is 476 g/mol. The fourth-order valence-corrected chi connectivity index (χ4v) is 4.56. The predicted octanol–water partition coefficient (Wildman–Crippen LogP) is 3.66. The Balaban J connectivity index is 1.39. The van der Waals surface area contributed by atoms with Crippen LogP contribution in [0.2, 0.25) is 0 Å². The Hall–Kier alpha value is -3.85. The van der Waals surface area contributed by atoms with E-state index in [1.54, 1.807) is 35.5 Å². The number of carbonyl (C=O) groups excluding carboxylic acids is 1. The number of fused-ring (bicyclic) bond motifs is 2. The van der Waals surface area contributed by atoms with Crippen molar-refractivity contribution in [1.29, 1.82) is 0 Å². The van der Waals surface area contributed by atoms with Gasteiger partial charge in [0.25, 0.3) is 5.91 Å². The van der Waals surface area contributed by atoms with E-state index in [1.165, 1.54) is 11.4 Å². The highest BCUT2D eigenvalue weighted by Crippen LogP contribution is 2.31. The Bertz CT molecular complexity index is 1480. The molecule has 8 nitrogen and oxygen atoms in total. The van der Waals surface area contributed by atoms with Gasteiger partial charge < -0.3 is 14.6 Å². The molecule has 0 saturated heterocycles. The summed E-state index contributed by atoms with van der Waals surface area (Å²) in [7, 11) is -1.88. The van der Waals surface area contributed by atoms with Crippen LogP contribution in [0.3, 0.4) is 0 Å². The topological polar surface area (TPSA) is 95.6 Å². The summed E-state index contributed by atoms with van der Waals surface area (Å²) in [6.07, 6.45) is 2.82. The number of sulfonamides is 1. The van der Waals surface area contributed by atoms with Gasteiger partial charge in [0.2, 0.25) is 10.0 Å². The van der Waals surface area contributed by atoms with Crippen LogP contribution >= 0.6 is 0 Å². The molecule has 0 radical (unpaired) electrons.